The molecular formula is C16H13F2NO2. The number of benzene rings is 2. The monoisotopic (exact) mass is 289 g/mol. The molecule has 1 amide bonds. The van der Waals surface area contributed by atoms with Gasteiger partial charge in [0.2, 0.25) is 5.91 Å². The van der Waals surface area contributed by atoms with Crippen LogP contribution in [0.5, 0.6) is 0 Å². The fraction of sp³-hybridized carbons (Fsp3) is 0.125. The van der Waals surface area contributed by atoms with Crippen molar-refractivity contribution in [3.63, 3.8) is 0 Å². The van der Waals surface area contributed by atoms with E-state index in [2.05, 4.69) is 5.32 Å². The lowest BCUT2D eigenvalue weighted by molar-refractivity contribution is -0.115. The molecule has 5 heteroatoms. The Hall–Kier alpha value is -2.56. The Morgan fingerprint density at radius 2 is 1.76 bits per heavy atom. The number of nitrogens with one attached hydrogen (secondary N) is 1. The van der Waals surface area contributed by atoms with Gasteiger partial charge in [0.1, 0.15) is 0 Å². The van der Waals surface area contributed by atoms with Gasteiger partial charge in [-0.2, -0.15) is 0 Å². The molecule has 0 atom stereocenters. The zero-order valence-corrected chi connectivity index (χ0v) is 11.3. The van der Waals surface area contributed by atoms with E-state index in [1.807, 2.05) is 0 Å². The minimum absolute atomic E-state index is 0.108. The van der Waals surface area contributed by atoms with Crippen LogP contribution in [0.1, 0.15) is 22.8 Å². The highest BCUT2D eigenvalue weighted by atomic mass is 19.2. The van der Waals surface area contributed by atoms with Gasteiger partial charge in [-0.3, -0.25) is 9.59 Å². The van der Waals surface area contributed by atoms with Crippen LogP contribution in [0.4, 0.5) is 14.5 Å². The smallest absolute Gasteiger partial charge is 0.228 e. The highest BCUT2D eigenvalue weighted by molar-refractivity contribution is 6.03. The van der Waals surface area contributed by atoms with Crippen molar-refractivity contribution >= 4 is 17.4 Å². The maximum atomic E-state index is 13.1. The molecule has 0 aliphatic rings. The van der Waals surface area contributed by atoms with E-state index in [9.17, 15) is 18.4 Å². The number of hydrogen-bond acceptors (Lipinski definition) is 2. The van der Waals surface area contributed by atoms with Crippen LogP contribution < -0.4 is 5.32 Å². The minimum atomic E-state index is -0.996. The van der Waals surface area contributed by atoms with Gasteiger partial charge < -0.3 is 5.32 Å². The molecular weight excluding hydrogens is 276 g/mol. The molecule has 0 bridgehead atoms. The zero-order valence-electron chi connectivity index (χ0n) is 11.3. The second kappa shape index (κ2) is 6.26. The molecule has 0 heterocycles. The summed E-state index contributed by atoms with van der Waals surface area (Å²) in [7, 11) is 0. The lowest BCUT2D eigenvalue weighted by Gasteiger charge is -2.09. The predicted molar refractivity (Wildman–Crippen MR) is 75.1 cm³/mol. The van der Waals surface area contributed by atoms with Gasteiger partial charge in [0, 0.05) is 5.56 Å². The normalized spacial score (nSPS) is 10.2. The van der Waals surface area contributed by atoms with E-state index in [1.54, 1.807) is 24.3 Å². The molecule has 1 N–H and O–H groups in total. The molecule has 2 aromatic carbocycles. The van der Waals surface area contributed by atoms with Crippen LogP contribution in [0.25, 0.3) is 0 Å². The van der Waals surface area contributed by atoms with Gasteiger partial charge in [-0.1, -0.05) is 18.2 Å². The van der Waals surface area contributed by atoms with Crippen LogP contribution in [0, 0.1) is 11.6 Å². The summed E-state index contributed by atoms with van der Waals surface area (Å²) in [4.78, 5) is 23.4. The summed E-state index contributed by atoms with van der Waals surface area (Å²) in [5, 5.41) is 2.60. The molecule has 0 saturated heterocycles. The number of carbonyl (C=O) groups is 2. The van der Waals surface area contributed by atoms with Crippen molar-refractivity contribution in [3.05, 3.63) is 65.2 Å². The third-order valence-electron chi connectivity index (χ3n) is 2.93. The Morgan fingerprint density at radius 3 is 2.43 bits per heavy atom. The Balaban J connectivity index is 2.12. The fourth-order valence-electron chi connectivity index (χ4n) is 1.93. The first kappa shape index (κ1) is 14.8. The zero-order chi connectivity index (χ0) is 15.4. The largest absolute Gasteiger partial charge is 0.325 e. The van der Waals surface area contributed by atoms with Crippen LogP contribution in [-0.2, 0) is 11.2 Å². The minimum Gasteiger partial charge on any atom is -0.325 e. The van der Waals surface area contributed by atoms with Gasteiger partial charge in [0.05, 0.1) is 12.1 Å². The van der Waals surface area contributed by atoms with Gasteiger partial charge >= 0.3 is 0 Å². The summed E-state index contributed by atoms with van der Waals surface area (Å²) in [5.74, 6) is -2.53. The van der Waals surface area contributed by atoms with E-state index in [-0.39, 0.29) is 12.2 Å². The molecule has 21 heavy (non-hydrogen) atoms. The standard InChI is InChI=1S/C16H13F2NO2/c1-10(20)12-4-2-3-5-15(12)19-16(21)9-11-6-7-13(17)14(18)8-11/h2-8H,9H2,1H3,(H,19,21). The van der Waals surface area contributed by atoms with Gasteiger partial charge in [0.15, 0.2) is 17.4 Å². The average Bonchev–Trinajstić information content (AvgIpc) is 2.43. The van der Waals surface area contributed by atoms with E-state index >= 15 is 0 Å². The number of anilines is 1. The molecule has 0 aliphatic carbocycles. The van der Waals surface area contributed by atoms with E-state index in [0.717, 1.165) is 12.1 Å². The number of hydrogen-bond donors (Lipinski definition) is 1. The summed E-state index contributed by atoms with van der Waals surface area (Å²) in [6.45, 7) is 1.40. The fourth-order valence-corrected chi connectivity index (χ4v) is 1.93. The van der Waals surface area contributed by atoms with Gasteiger partial charge in [0.25, 0.3) is 0 Å². The van der Waals surface area contributed by atoms with Gasteiger partial charge in [-0.05, 0) is 36.8 Å². The first-order valence-electron chi connectivity index (χ1n) is 6.31. The summed E-state index contributed by atoms with van der Waals surface area (Å²) in [6, 6.07) is 9.90. The lowest BCUT2D eigenvalue weighted by Crippen LogP contribution is -2.16. The first-order valence-corrected chi connectivity index (χ1v) is 6.31. The van der Waals surface area contributed by atoms with Crippen LogP contribution in [-0.4, -0.2) is 11.7 Å². The van der Waals surface area contributed by atoms with E-state index in [1.165, 1.54) is 13.0 Å². The molecule has 3 nitrogen and oxygen atoms in total. The van der Waals surface area contributed by atoms with Crippen molar-refractivity contribution in [3.8, 4) is 0 Å². The molecule has 0 aliphatic heterocycles. The summed E-state index contributed by atoms with van der Waals surface area (Å²) < 4.78 is 25.9. The van der Waals surface area contributed by atoms with Gasteiger partial charge in [-0.15, -0.1) is 0 Å². The molecule has 2 rings (SSSR count). The third-order valence-corrected chi connectivity index (χ3v) is 2.93. The average molecular weight is 289 g/mol. The molecule has 0 spiro atoms. The molecule has 0 aromatic heterocycles. The second-order valence-electron chi connectivity index (χ2n) is 4.58. The number of rotatable bonds is 4. The van der Waals surface area contributed by atoms with Crippen LogP contribution in [0.3, 0.4) is 0 Å². The molecule has 0 unspecified atom stereocenters. The maximum absolute atomic E-state index is 13.1. The second-order valence-corrected chi connectivity index (χ2v) is 4.58. The van der Waals surface area contributed by atoms with Crippen LogP contribution in [0.2, 0.25) is 0 Å². The number of Topliss-reactive ketones (excluding diaryl/α,β-unsaturated/α-hetero) is 1. The highest BCUT2D eigenvalue weighted by Gasteiger charge is 2.11. The molecule has 2 aromatic rings. The van der Waals surface area contributed by atoms with E-state index in [4.69, 9.17) is 0 Å². The predicted octanol–water partition coefficient (Wildman–Crippen LogP) is 3.35. The third kappa shape index (κ3) is 3.72. The Bertz CT molecular complexity index is 698. The first-order chi connectivity index (χ1) is 9.97. The van der Waals surface area contributed by atoms with Gasteiger partial charge in [-0.25, -0.2) is 8.78 Å². The maximum Gasteiger partial charge on any atom is 0.228 e. The van der Waals surface area contributed by atoms with Crippen molar-refractivity contribution in [2.45, 2.75) is 13.3 Å². The number of amides is 1. The van der Waals surface area contributed by atoms with Crippen LogP contribution >= 0.6 is 0 Å². The Kier molecular flexibility index (Phi) is 4.42. The topological polar surface area (TPSA) is 46.2 Å². The molecule has 108 valence electrons. The SMILES string of the molecule is CC(=O)c1ccccc1NC(=O)Cc1ccc(F)c(F)c1. The van der Waals surface area contributed by atoms with Crippen molar-refractivity contribution < 1.29 is 18.4 Å². The molecule has 0 saturated carbocycles. The van der Waals surface area contributed by atoms with Crippen molar-refractivity contribution in [1.82, 2.24) is 0 Å². The van der Waals surface area contributed by atoms with Crippen molar-refractivity contribution in [2.24, 2.45) is 0 Å². The van der Waals surface area contributed by atoms with E-state index in [0.29, 0.717) is 16.8 Å². The number of para-hydroxylation sites is 1. The number of halogens is 2. The summed E-state index contributed by atoms with van der Waals surface area (Å²) in [6.07, 6.45) is -0.108. The quantitative estimate of drug-likeness (QED) is 0.877. The highest BCUT2D eigenvalue weighted by Crippen LogP contribution is 2.16. The number of carbonyl (C=O) groups excluding carboxylic acids is 2. The van der Waals surface area contributed by atoms with Crippen molar-refractivity contribution in [1.29, 1.82) is 0 Å². The molecule has 0 fully saturated rings. The van der Waals surface area contributed by atoms with Crippen molar-refractivity contribution in [2.75, 3.05) is 5.32 Å². The van der Waals surface area contributed by atoms with E-state index < -0.39 is 17.5 Å². The summed E-state index contributed by atoms with van der Waals surface area (Å²) >= 11 is 0. The summed E-state index contributed by atoms with van der Waals surface area (Å²) in [5.41, 5.74) is 1.15. The van der Waals surface area contributed by atoms with Crippen LogP contribution in [0.15, 0.2) is 42.5 Å². The molecule has 0 radical (unpaired) electrons. The Labute approximate surface area is 120 Å². The Morgan fingerprint density at radius 1 is 1.05 bits per heavy atom. The lowest BCUT2D eigenvalue weighted by atomic mass is 10.1. The number of ketones is 1.